The van der Waals surface area contributed by atoms with Gasteiger partial charge in [0.05, 0.1) is 0 Å². The van der Waals surface area contributed by atoms with E-state index in [2.05, 4.69) is 19.9 Å². The van der Waals surface area contributed by atoms with E-state index < -0.39 is 0 Å². The Morgan fingerprint density at radius 1 is 1.55 bits per heavy atom. The first-order chi connectivity index (χ1) is 5.16. The Hall–Kier alpha value is -0.590. The van der Waals surface area contributed by atoms with Crippen LogP contribution in [0.4, 0.5) is 0 Å². The Morgan fingerprint density at radius 2 is 2.27 bits per heavy atom. The summed E-state index contributed by atoms with van der Waals surface area (Å²) in [6.07, 6.45) is 5.29. The van der Waals surface area contributed by atoms with Crippen molar-refractivity contribution in [3.63, 3.8) is 0 Å². The van der Waals surface area contributed by atoms with Crippen LogP contribution in [0.2, 0.25) is 0 Å². The molecule has 2 aliphatic rings. The van der Waals surface area contributed by atoms with Crippen LogP contribution >= 0.6 is 0 Å². The summed E-state index contributed by atoms with van der Waals surface area (Å²) < 4.78 is 0. The van der Waals surface area contributed by atoms with Gasteiger partial charge in [0.2, 0.25) is 0 Å². The number of rotatable bonds is 1. The first-order valence-corrected chi connectivity index (χ1v) is 4.30. The molecule has 0 saturated heterocycles. The van der Waals surface area contributed by atoms with Crippen molar-refractivity contribution >= 4 is 6.29 Å². The van der Waals surface area contributed by atoms with E-state index in [-0.39, 0.29) is 0 Å². The maximum absolute atomic E-state index is 10.5. The maximum atomic E-state index is 10.5. The van der Waals surface area contributed by atoms with E-state index in [0.717, 1.165) is 36.5 Å². The van der Waals surface area contributed by atoms with Crippen LogP contribution in [-0.4, -0.2) is 6.29 Å². The van der Waals surface area contributed by atoms with Crippen LogP contribution in [0.3, 0.4) is 0 Å². The molecule has 0 radical (unpaired) electrons. The van der Waals surface area contributed by atoms with E-state index in [0.29, 0.717) is 5.41 Å². The van der Waals surface area contributed by atoms with Crippen LogP contribution in [0.25, 0.3) is 0 Å². The van der Waals surface area contributed by atoms with Crippen molar-refractivity contribution in [3.8, 4) is 0 Å². The largest absolute Gasteiger partial charge is 0.298 e. The smallest absolute Gasteiger partial charge is 0.145 e. The average Bonchev–Trinajstić information content (AvgIpc) is 2.55. The van der Waals surface area contributed by atoms with Crippen molar-refractivity contribution in [2.24, 2.45) is 17.3 Å². The molecule has 0 amide bonds. The molecule has 2 rings (SSSR count). The molecule has 0 heterocycles. The molecule has 0 N–H and O–H groups in total. The van der Waals surface area contributed by atoms with Crippen molar-refractivity contribution in [2.45, 2.75) is 26.7 Å². The van der Waals surface area contributed by atoms with Crippen LogP contribution in [0, 0.1) is 17.3 Å². The molecule has 0 aromatic carbocycles. The minimum atomic E-state index is 0.515. The van der Waals surface area contributed by atoms with Gasteiger partial charge in [-0.2, -0.15) is 0 Å². The molecule has 60 valence electrons. The van der Waals surface area contributed by atoms with Gasteiger partial charge in [-0.05, 0) is 35.7 Å². The summed E-state index contributed by atoms with van der Waals surface area (Å²) in [4.78, 5) is 10.5. The highest BCUT2D eigenvalue weighted by molar-refractivity contribution is 5.73. The van der Waals surface area contributed by atoms with Crippen LogP contribution in [0.1, 0.15) is 26.7 Å². The fourth-order valence-corrected chi connectivity index (χ4v) is 2.44. The van der Waals surface area contributed by atoms with E-state index >= 15 is 0 Å². The second-order valence-corrected chi connectivity index (χ2v) is 4.37. The van der Waals surface area contributed by atoms with Gasteiger partial charge in [-0.3, -0.25) is 4.79 Å². The van der Waals surface area contributed by atoms with Gasteiger partial charge in [0.1, 0.15) is 6.29 Å². The Balaban J connectivity index is 2.11. The van der Waals surface area contributed by atoms with Crippen molar-refractivity contribution in [2.75, 3.05) is 0 Å². The molecule has 1 fully saturated rings. The number of carbonyl (C=O) groups is 1. The van der Waals surface area contributed by atoms with Gasteiger partial charge in [-0.15, -0.1) is 0 Å². The molecule has 1 nitrogen and oxygen atoms in total. The van der Waals surface area contributed by atoms with Gasteiger partial charge >= 0.3 is 0 Å². The predicted molar refractivity (Wildman–Crippen MR) is 44.1 cm³/mol. The van der Waals surface area contributed by atoms with E-state index in [1.807, 2.05) is 0 Å². The summed E-state index contributed by atoms with van der Waals surface area (Å²) in [5.41, 5.74) is 1.54. The fraction of sp³-hybridized carbons (Fsp3) is 0.700. The predicted octanol–water partition coefficient (Wildman–Crippen LogP) is 2.18. The van der Waals surface area contributed by atoms with Crippen LogP contribution < -0.4 is 0 Å². The number of hydrogen-bond acceptors (Lipinski definition) is 1. The molecule has 0 aliphatic heterocycles. The Kier molecular flexibility index (Phi) is 1.26. The van der Waals surface area contributed by atoms with Crippen molar-refractivity contribution in [3.05, 3.63) is 11.6 Å². The molecule has 0 unspecified atom stereocenters. The number of fused-ring (bicyclic) bond motifs is 1. The lowest BCUT2D eigenvalue weighted by Crippen LogP contribution is -1.95. The maximum Gasteiger partial charge on any atom is 0.145 e. The zero-order valence-electron chi connectivity index (χ0n) is 7.13. The third-order valence-corrected chi connectivity index (χ3v) is 3.53. The minimum absolute atomic E-state index is 0.515. The second kappa shape index (κ2) is 1.96. The summed E-state index contributed by atoms with van der Waals surface area (Å²) in [5.74, 6) is 1.67. The standard InChI is InChI=1S/C10H14O/c1-10(2)8-4-3-7(6-11)5-9(8)10/h3,6,8-9H,4-5H2,1-2H3/t8-,9+/m1/s1. The third kappa shape index (κ3) is 0.867. The molecule has 2 aliphatic carbocycles. The summed E-state index contributed by atoms with van der Waals surface area (Å²) in [5, 5.41) is 0. The zero-order valence-corrected chi connectivity index (χ0v) is 7.13. The molecule has 0 aromatic rings. The zero-order chi connectivity index (χ0) is 8.06. The monoisotopic (exact) mass is 150 g/mol. The SMILES string of the molecule is CC1(C)[C@@H]2CC=C(C=O)C[C@@H]21. The minimum Gasteiger partial charge on any atom is -0.298 e. The van der Waals surface area contributed by atoms with E-state index in [4.69, 9.17) is 0 Å². The van der Waals surface area contributed by atoms with Crippen molar-refractivity contribution < 1.29 is 4.79 Å². The van der Waals surface area contributed by atoms with Gasteiger partial charge in [0, 0.05) is 0 Å². The number of hydrogen-bond donors (Lipinski definition) is 0. The topological polar surface area (TPSA) is 17.1 Å². The lowest BCUT2D eigenvalue weighted by molar-refractivity contribution is -0.105. The van der Waals surface area contributed by atoms with Gasteiger partial charge < -0.3 is 0 Å². The normalized spacial score (nSPS) is 38.9. The van der Waals surface area contributed by atoms with Crippen LogP contribution in [0.15, 0.2) is 11.6 Å². The molecular weight excluding hydrogens is 136 g/mol. The van der Waals surface area contributed by atoms with E-state index in [9.17, 15) is 4.79 Å². The Morgan fingerprint density at radius 3 is 2.82 bits per heavy atom. The lowest BCUT2D eigenvalue weighted by Gasteiger charge is -2.03. The lowest BCUT2D eigenvalue weighted by atomic mass is 10.0. The van der Waals surface area contributed by atoms with E-state index in [1.165, 1.54) is 0 Å². The molecule has 2 atom stereocenters. The fourth-order valence-electron chi connectivity index (χ4n) is 2.44. The molecule has 1 heteroatoms. The average molecular weight is 150 g/mol. The van der Waals surface area contributed by atoms with Crippen molar-refractivity contribution in [1.82, 2.24) is 0 Å². The number of allylic oxidation sites excluding steroid dienone is 2. The Labute approximate surface area is 67.5 Å². The number of carbonyl (C=O) groups excluding carboxylic acids is 1. The van der Waals surface area contributed by atoms with E-state index in [1.54, 1.807) is 0 Å². The van der Waals surface area contributed by atoms with Gasteiger partial charge in [0.25, 0.3) is 0 Å². The Bertz CT molecular complexity index is 225. The van der Waals surface area contributed by atoms with Crippen LogP contribution in [0.5, 0.6) is 0 Å². The second-order valence-electron chi connectivity index (χ2n) is 4.37. The summed E-state index contributed by atoms with van der Waals surface area (Å²) in [6, 6.07) is 0. The molecular formula is C10H14O. The summed E-state index contributed by atoms with van der Waals surface area (Å²) >= 11 is 0. The summed E-state index contributed by atoms with van der Waals surface area (Å²) in [6.45, 7) is 4.62. The molecule has 0 spiro atoms. The first kappa shape index (κ1) is 7.08. The molecule has 1 saturated carbocycles. The number of aldehydes is 1. The first-order valence-electron chi connectivity index (χ1n) is 4.30. The van der Waals surface area contributed by atoms with Crippen molar-refractivity contribution in [1.29, 1.82) is 0 Å². The molecule has 0 aromatic heterocycles. The highest BCUT2D eigenvalue weighted by atomic mass is 16.1. The van der Waals surface area contributed by atoms with Gasteiger partial charge in [0.15, 0.2) is 0 Å². The highest BCUT2D eigenvalue weighted by Crippen LogP contribution is 2.64. The quantitative estimate of drug-likeness (QED) is 0.523. The van der Waals surface area contributed by atoms with Crippen LogP contribution in [-0.2, 0) is 4.79 Å². The summed E-state index contributed by atoms with van der Waals surface area (Å²) in [7, 11) is 0. The molecule has 11 heavy (non-hydrogen) atoms. The van der Waals surface area contributed by atoms with Gasteiger partial charge in [-0.1, -0.05) is 19.9 Å². The molecule has 0 bridgehead atoms. The highest BCUT2D eigenvalue weighted by Gasteiger charge is 2.57. The third-order valence-electron chi connectivity index (χ3n) is 3.53. The van der Waals surface area contributed by atoms with Gasteiger partial charge in [-0.25, -0.2) is 0 Å².